The van der Waals surface area contributed by atoms with Crippen LogP contribution in [0.5, 0.6) is 11.5 Å². The number of phenols is 1. The average Bonchev–Trinajstić information content (AvgIpc) is 2.50. The van der Waals surface area contributed by atoms with Crippen LogP contribution >= 0.6 is 22.6 Å². The fraction of sp³-hybridized carbons (Fsp3) is 0.167. The first kappa shape index (κ1) is 16.5. The van der Waals surface area contributed by atoms with Gasteiger partial charge in [-0.15, -0.1) is 0 Å². The lowest BCUT2D eigenvalue weighted by Crippen LogP contribution is -1.95. The van der Waals surface area contributed by atoms with Gasteiger partial charge < -0.3 is 9.84 Å². The van der Waals surface area contributed by atoms with E-state index in [1.807, 2.05) is 60.7 Å². The smallest absolute Gasteiger partial charge is 0.185 e. The molecule has 0 amide bonds. The number of aromatic hydroxyl groups is 1. The first-order valence-corrected chi connectivity index (χ1v) is 8.03. The molecule has 0 aromatic heterocycles. The zero-order valence-electron chi connectivity index (χ0n) is 12.5. The Morgan fingerprint density at radius 1 is 1.27 bits per heavy atom. The van der Waals surface area contributed by atoms with E-state index in [-0.39, 0.29) is 11.5 Å². The van der Waals surface area contributed by atoms with E-state index < -0.39 is 0 Å². The summed E-state index contributed by atoms with van der Waals surface area (Å²) in [6.45, 7) is 4.31. The van der Waals surface area contributed by atoms with Crippen molar-refractivity contribution in [1.29, 1.82) is 0 Å². The molecule has 22 heavy (non-hydrogen) atoms. The summed E-state index contributed by atoms with van der Waals surface area (Å²) in [5, 5.41) is 9.91. The Labute approximate surface area is 143 Å². The molecule has 114 valence electrons. The lowest BCUT2D eigenvalue weighted by atomic mass is 10.1. The number of aryl methyl sites for hydroxylation is 1. The normalized spacial score (nSPS) is 10.9. The first-order valence-electron chi connectivity index (χ1n) is 6.95. The predicted molar refractivity (Wildman–Crippen MR) is 96.5 cm³/mol. The maximum Gasteiger partial charge on any atom is 0.185 e. The molecule has 1 N–H and O–H groups in total. The zero-order valence-corrected chi connectivity index (χ0v) is 14.6. The fourth-order valence-electron chi connectivity index (χ4n) is 1.94. The van der Waals surface area contributed by atoms with Crippen LogP contribution in [0.2, 0.25) is 0 Å². The largest absolute Gasteiger partial charge is 0.504 e. The number of benzene rings is 2. The second-order valence-corrected chi connectivity index (χ2v) is 6.01. The van der Waals surface area contributed by atoms with Crippen LogP contribution in [0.3, 0.4) is 0 Å². The summed E-state index contributed by atoms with van der Waals surface area (Å²) < 4.78 is 6.08. The molecule has 0 unspecified atom stereocenters. The maximum atomic E-state index is 12.1. The molecule has 3 nitrogen and oxygen atoms in total. The van der Waals surface area contributed by atoms with E-state index in [1.165, 1.54) is 6.08 Å². The first-order chi connectivity index (χ1) is 10.5. The highest BCUT2D eigenvalue weighted by Gasteiger charge is 2.08. The van der Waals surface area contributed by atoms with Gasteiger partial charge >= 0.3 is 0 Å². The van der Waals surface area contributed by atoms with E-state index in [2.05, 4.69) is 0 Å². The Balaban J connectivity index is 2.22. The molecule has 0 radical (unpaired) electrons. The summed E-state index contributed by atoms with van der Waals surface area (Å²) in [5.41, 5.74) is 2.58. The number of carbonyl (C=O) groups is 1. The molecule has 0 spiro atoms. The van der Waals surface area contributed by atoms with E-state index in [0.29, 0.717) is 21.5 Å². The molecule has 0 atom stereocenters. The third-order valence-corrected chi connectivity index (χ3v) is 3.94. The second-order valence-electron chi connectivity index (χ2n) is 4.85. The van der Waals surface area contributed by atoms with Crippen molar-refractivity contribution in [3.05, 3.63) is 62.7 Å². The minimum absolute atomic E-state index is 0.0546. The second kappa shape index (κ2) is 7.45. The van der Waals surface area contributed by atoms with Crippen molar-refractivity contribution in [2.75, 3.05) is 6.61 Å². The minimum Gasteiger partial charge on any atom is -0.504 e. The number of rotatable bonds is 5. The van der Waals surface area contributed by atoms with E-state index >= 15 is 0 Å². The van der Waals surface area contributed by atoms with Gasteiger partial charge in [-0.25, -0.2) is 0 Å². The van der Waals surface area contributed by atoms with E-state index in [9.17, 15) is 9.90 Å². The topological polar surface area (TPSA) is 46.5 Å². The molecule has 0 heterocycles. The zero-order chi connectivity index (χ0) is 16.1. The molecular formula is C18H17IO3. The van der Waals surface area contributed by atoms with Gasteiger partial charge in [0.05, 0.1) is 10.2 Å². The van der Waals surface area contributed by atoms with E-state index in [1.54, 1.807) is 18.2 Å². The molecule has 0 aliphatic heterocycles. The number of ketones is 1. The molecule has 4 heteroatoms. The Hall–Kier alpha value is -1.82. The van der Waals surface area contributed by atoms with Gasteiger partial charge in [0.1, 0.15) is 0 Å². The number of phenolic OH excluding ortho intramolecular Hbond substituents is 1. The molecule has 0 fully saturated rings. The van der Waals surface area contributed by atoms with Crippen molar-refractivity contribution < 1.29 is 14.6 Å². The van der Waals surface area contributed by atoms with Crippen molar-refractivity contribution in [3.63, 3.8) is 0 Å². The lowest BCUT2D eigenvalue weighted by Gasteiger charge is -2.08. The van der Waals surface area contributed by atoms with E-state index in [0.717, 1.165) is 11.1 Å². The molecular weight excluding hydrogens is 391 g/mol. The monoisotopic (exact) mass is 408 g/mol. The van der Waals surface area contributed by atoms with Gasteiger partial charge in [-0.1, -0.05) is 35.9 Å². The highest BCUT2D eigenvalue weighted by Crippen LogP contribution is 2.33. The van der Waals surface area contributed by atoms with Crippen LogP contribution in [-0.4, -0.2) is 17.5 Å². The Morgan fingerprint density at radius 3 is 2.59 bits per heavy atom. The maximum absolute atomic E-state index is 12.1. The number of allylic oxidation sites excluding steroid dienone is 1. The van der Waals surface area contributed by atoms with Crippen molar-refractivity contribution in [1.82, 2.24) is 0 Å². The van der Waals surface area contributed by atoms with Crippen molar-refractivity contribution >= 4 is 34.5 Å². The third kappa shape index (κ3) is 4.10. The van der Waals surface area contributed by atoms with Crippen LogP contribution in [0.4, 0.5) is 0 Å². The Kier molecular flexibility index (Phi) is 5.60. The summed E-state index contributed by atoms with van der Waals surface area (Å²) in [5.74, 6) is 0.502. The quantitative estimate of drug-likeness (QED) is 0.447. The SMILES string of the molecule is CCOc1cc(/C=C/C(=O)c2ccc(C)cc2)cc(I)c1O. The summed E-state index contributed by atoms with van der Waals surface area (Å²) in [7, 11) is 0. The summed E-state index contributed by atoms with van der Waals surface area (Å²) in [6.07, 6.45) is 3.26. The molecule has 0 bridgehead atoms. The van der Waals surface area contributed by atoms with Gasteiger partial charge in [0.2, 0.25) is 0 Å². The average molecular weight is 408 g/mol. The van der Waals surface area contributed by atoms with Gasteiger partial charge in [0.25, 0.3) is 0 Å². The van der Waals surface area contributed by atoms with Crippen LogP contribution in [0, 0.1) is 10.5 Å². The van der Waals surface area contributed by atoms with Crippen LogP contribution in [0.25, 0.3) is 6.08 Å². The molecule has 0 saturated heterocycles. The number of ether oxygens (including phenoxy) is 1. The van der Waals surface area contributed by atoms with Gasteiger partial charge in [-0.2, -0.15) is 0 Å². The van der Waals surface area contributed by atoms with Gasteiger partial charge in [0.15, 0.2) is 17.3 Å². The number of halogens is 1. The highest BCUT2D eigenvalue weighted by molar-refractivity contribution is 14.1. The number of carbonyl (C=O) groups excluding carboxylic acids is 1. The molecule has 0 saturated carbocycles. The minimum atomic E-state index is -0.0546. The number of hydrogen-bond acceptors (Lipinski definition) is 3. The van der Waals surface area contributed by atoms with Crippen LogP contribution in [-0.2, 0) is 0 Å². The van der Waals surface area contributed by atoms with Crippen LogP contribution in [0.1, 0.15) is 28.4 Å². The summed E-state index contributed by atoms with van der Waals surface area (Å²) in [6, 6.07) is 11.0. The number of hydrogen-bond donors (Lipinski definition) is 1. The van der Waals surface area contributed by atoms with Crippen molar-refractivity contribution in [2.45, 2.75) is 13.8 Å². The van der Waals surface area contributed by atoms with Crippen molar-refractivity contribution in [2.24, 2.45) is 0 Å². The standard InChI is InChI=1S/C18H17IO3/c1-3-22-17-11-13(10-15(19)18(17)21)6-9-16(20)14-7-4-12(2)5-8-14/h4-11,21H,3H2,1-2H3/b9-6+. The van der Waals surface area contributed by atoms with Crippen LogP contribution in [0.15, 0.2) is 42.5 Å². The third-order valence-electron chi connectivity index (χ3n) is 3.11. The molecule has 0 aliphatic rings. The molecule has 2 rings (SSSR count). The predicted octanol–water partition coefficient (Wildman–Crippen LogP) is 4.60. The van der Waals surface area contributed by atoms with Gasteiger partial charge in [-0.05, 0) is 60.2 Å². The summed E-state index contributed by atoms with van der Waals surface area (Å²) in [4.78, 5) is 12.1. The van der Waals surface area contributed by atoms with E-state index in [4.69, 9.17) is 4.74 Å². The van der Waals surface area contributed by atoms with Gasteiger partial charge in [0, 0.05) is 5.56 Å². The highest BCUT2D eigenvalue weighted by atomic mass is 127. The Morgan fingerprint density at radius 2 is 1.95 bits per heavy atom. The molecule has 0 aliphatic carbocycles. The fourth-order valence-corrected chi connectivity index (χ4v) is 2.57. The van der Waals surface area contributed by atoms with Crippen molar-refractivity contribution in [3.8, 4) is 11.5 Å². The Bertz CT molecular complexity index is 703. The lowest BCUT2D eigenvalue weighted by molar-refractivity contribution is 0.104. The molecule has 2 aromatic rings. The van der Waals surface area contributed by atoms with Crippen LogP contribution < -0.4 is 4.74 Å². The van der Waals surface area contributed by atoms with Gasteiger partial charge in [-0.3, -0.25) is 4.79 Å². The molecule has 2 aromatic carbocycles. The summed E-state index contributed by atoms with van der Waals surface area (Å²) >= 11 is 2.04.